The van der Waals surface area contributed by atoms with Gasteiger partial charge in [0, 0.05) is 49.2 Å². The molecule has 0 spiro atoms. The van der Waals surface area contributed by atoms with Crippen molar-refractivity contribution in [3.05, 3.63) is 93.7 Å². The molecule has 1 aromatic carbocycles. The molecule has 0 saturated heterocycles. The Hall–Kier alpha value is -3.25. The minimum atomic E-state index is -0.272. The highest BCUT2D eigenvalue weighted by Gasteiger charge is 2.14. The van der Waals surface area contributed by atoms with Crippen LogP contribution in [0.2, 0.25) is 0 Å². The Morgan fingerprint density at radius 1 is 1.18 bits per heavy atom. The Morgan fingerprint density at radius 2 is 2.04 bits per heavy atom. The number of hydrogen-bond acceptors (Lipinski definition) is 5. The summed E-state index contributed by atoms with van der Waals surface area (Å²) in [5.74, 6) is 0.347. The Kier molecular flexibility index (Phi) is 5.30. The lowest BCUT2D eigenvalue weighted by Gasteiger charge is -2.16. The number of rotatable bonds is 6. The van der Waals surface area contributed by atoms with E-state index in [1.165, 1.54) is 10.6 Å². The van der Waals surface area contributed by atoms with Gasteiger partial charge in [0.1, 0.15) is 12.4 Å². The average molecular weight is 375 g/mol. The van der Waals surface area contributed by atoms with Gasteiger partial charge < -0.3 is 14.6 Å². The smallest absolute Gasteiger partial charge is 0.254 e. The molecule has 28 heavy (non-hydrogen) atoms. The minimum Gasteiger partial charge on any atom is -0.489 e. The van der Waals surface area contributed by atoms with Crippen molar-refractivity contribution in [2.45, 2.75) is 26.1 Å². The molecule has 1 aliphatic heterocycles. The van der Waals surface area contributed by atoms with Crippen molar-refractivity contribution in [1.29, 1.82) is 0 Å². The summed E-state index contributed by atoms with van der Waals surface area (Å²) in [6, 6.07) is 14.7. The second kappa shape index (κ2) is 8.19. The Morgan fingerprint density at radius 3 is 2.86 bits per heavy atom. The number of fused-ring (bicyclic) bond motifs is 1. The van der Waals surface area contributed by atoms with E-state index >= 15 is 0 Å². The summed E-state index contributed by atoms with van der Waals surface area (Å²) in [6.07, 6.45) is 4.07. The fourth-order valence-electron chi connectivity index (χ4n) is 3.20. The normalized spacial score (nSPS) is 13.0. The van der Waals surface area contributed by atoms with Gasteiger partial charge in [-0.25, -0.2) is 0 Å². The van der Waals surface area contributed by atoms with Crippen LogP contribution in [0.4, 0.5) is 0 Å². The molecule has 6 heteroatoms. The lowest BCUT2D eigenvalue weighted by molar-refractivity contribution is 0.0970. The molecule has 2 aromatic heterocycles. The number of benzene rings is 1. The molecular formula is C22H21N3O3. The van der Waals surface area contributed by atoms with E-state index in [0.29, 0.717) is 17.9 Å². The lowest BCUT2D eigenvalue weighted by Crippen LogP contribution is -2.26. The third kappa shape index (κ3) is 4.18. The second-order valence-corrected chi connectivity index (χ2v) is 6.78. The third-order valence-corrected chi connectivity index (χ3v) is 4.77. The first-order valence-corrected chi connectivity index (χ1v) is 9.28. The highest BCUT2D eigenvalue weighted by Crippen LogP contribution is 2.14. The zero-order valence-electron chi connectivity index (χ0n) is 15.4. The Labute approximate surface area is 162 Å². The summed E-state index contributed by atoms with van der Waals surface area (Å²) in [7, 11) is 0. The monoisotopic (exact) mass is 375 g/mol. The second-order valence-electron chi connectivity index (χ2n) is 6.78. The highest BCUT2D eigenvalue weighted by molar-refractivity contribution is 5.95. The molecule has 3 heterocycles. The largest absolute Gasteiger partial charge is 0.489 e. The van der Waals surface area contributed by atoms with Crippen molar-refractivity contribution < 1.29 is 9.53 Å². The number of ketones is 1. The van der Waals surface area contributed by atoms with E-state index in [1.807, 2.05) is 36.4 Å². The molecule has 0 bridgehead atoms. The maximum Gasteiger partial charge on any atom is 0.254 e. The van der Waals surface area contributed by atoms with Crippen molar-refractivity contribution in [3.63, 3.8) is 0 Å². The maximum atomic E-state index is 12.6. The zero-order chi connectivity index (χ0) is 19.3. The molecule has 4 rings (SSSR count). The maximum absolute atomic E-state index is 12.6. The van der Waals surface area contributed by atoms with Gasteiger partial charge in [0.05, 0.1) is 6.54 Å². The van der Waals surface area contributed by atoms with Gasteiger partial charge >= 0.3 is 0 Å². The van der Waals surface area contributed by atoms with Crippen LogP contribution in [0.5, 0.6) is 5.75 Å². The summed E-state index contributed by atoms with van der Waals surface area (Å²) in [4.78, 5) is 29.4. The summed E-state index contributed by atoms with van der Waals surface area (Å²) >= 11 is 0. The topological polar surface area (TPSA) is 73.2 Å². The summed E-state index contributed by atoms with van der Waals surface area (Å²) in [5, 5.41) is 3.28. The van der Waals surface area contributed by atoms with Gasteiger partial charge in [-0.1, -0.05) is 30.3 Å². The molecular weight excluding hydrogens is 354 g/mol. The number of ether oxygens (including phenoxy) is 1. The average Bonchev–Trinajstić information content (AvgIpc) is 2.74. The van der Waals surface area contributed by atoms with Crippen LogP contribution in [0.15, 0.2) is 65.7 Å². The molecule has 0 aliphatic carbocycles. The van der Waals surface area contributed by atoms with Crippen LogP contribution in [0.25, 0.3) is 0 Å². The number of carbonyl (C=O) groups excluding carboxylic acids is 1. The van der Waals surface area contributed by atoms with E-state index in [4.69, 9.17) is 4.74 Å². The molecule has 1 N–H and O–H groups in total. The third-order valence-electron chi connectivity index (χ3n) is 4.77. The van der Waals surface area contributed by atoms with Gasteiger partial charge in [-0.2, -0.15) is 0 Å². The first-order valence-electron chi connectivity index (χ1n) is 9.28. The van der Waals surface area contributed by atoms with Gasteiger partial charge in [0.25, 0.3) is 5.56 Å². The molecule has 0 saturated carbocycles. The van der Waals surface area contributed by atoms with E-state index in [9.17, 15) is 9.59 Å². The number of aromatic nitrogens is 2. The number of carbonyl (C=O) groups is 1. The van der Waals surface area contributed by atoms with Gasteiger partial charge in [0.2, 0.25) is 0 Å². The quantitative estimate of drug-likeness (QED) is 0.670. The van der Waals surface area contributed by atoms with Crippen LogP contribution >= 0.6 is 0 Å². The molecule has 1 aliphatic rings. The van der Waals surface area contributed by atoms with Crippen LogP contribution in [-0.2, 0) is 26.1 Å². The van der Waals surface area contributed by atoms with E-state index in [0.717, 1.165) is 36.3 Å². The molecule has 0 radical (unpaired) electrons. The Balaban J connectivity index is 1.43. The van der Waals surface area contributed by atoms with Crippen molar-refractivity contribution >= 4 is 5.78 Å². The number of nitrogens with zero attached hydrogens (tertiary/aromatic N) is 2. The van der Waals surface area contributed by atoms with Crippen LogP contribution in [0, 0.1) is 0 Å². The van der Waals surface area contributed by atoms with Crippen molar-refractivity contribution in [2.24, 2.45) is 0 Å². The van der Waals surface area contributed by atoms with E-state index in [-0.39, 0.29) is 17.9 Å². The number of Topliss-reactive ketones (excluding diaryl/α,β-unsaturated/α-hetero) is 1. The van der Waals surface area contributed by atoms with E-state index < -0.39 is 0 Å². The predicted octanol–water partition coefficient (Wildman–Crippen LogP) is 2.35. The Bertz CT molecular complexity index is 1040. The fourth-order valence-corrected chi connectivity index (χ4v) is 3.20. The van der Waals surface area contributed by atoms with Crippen LogP contribution < -0.4 is 15.6 Å². The van der Waals surface area contributed by atoms with Gasteiger partial charge in [0.15, 0.2) is 5.78 Å². The van der Waals surface area contributed by atoms with Gasteiger partial charge in [-0.05, 0) is 23.3 Å². The molecule has 0 unspecified atom stereocenters. The standard InChI is InChI=1S/C22H21N3O3/c26-21(18-10-17-12-23-8-6-20(17)24-13-18)14-25-9-7-19(11-22(25)27)28-15-16-4-2-1-3-5-16/h1-5,7,9-11,13,23H,6,8,12,14-15H2. The molecule has 3 aromatic rings. The van der Waals surface area contributed by atoms with Crippen molar-refractivity contribution in [3.8, 4) is 5.75 Å². The van der Waals surface area contributed by atoms with Crippen molar-refractivity contribution in [1.82, 2.24) is 14.9 Å². The van der Waals surface area contributed by atoms with Crippen LogP contribution in [0.1, 0.15) is 27.2 Å². The first kappa shape index (κ1) is 18.1. The molecule has 142 valence electrons. The lowest BCUT2D eigenvalue weighted by atomic mass is 10.0. The summed E-state index contributed by atoms with van der Waals surface area (Å²) in [6.45, 7) is 1.99. The molecule has 0 atom stereocenters. The van der Waals surface area contributed by atoms with Gasteiger partial charge in [-0.3, -0.25) is 14.6 Å². The summed E-state index contributed by atoms with van der Waals surface area (Å²) in [5.41, 5.74) is 3.36. The number of nitrogens with one attached hydrogen (secondary N) is 1. The molecule has 0 amide bonds. The number of hydrogen-bond donors (Lipinski definition) is 1. The fraction of sp³-hybridized carbons (Fsp3) is 0.227. The SMILES string of the molecule is O=C(Cn1ccc(OCc2ccccc2)cc1=O)c1cnc2c(c1)CNCC2. The van der Waals surface area contributed by atoms with Gasteiger partial charge in [-0.15, -0.1) is 0 Å². The zero-order valence-corrected chi connectivity index (χ0v) is 15.4. The summed E-state index contributed by atoms with van der Waals surface area (Å²) < 4.78 is 7.05. The van der Waals surface area contributed by atoms with Crippen molar-refractivity contribution in [2.75, 3.05) is 6.54 Å². The first-order chi connectivity index (χ1) is 13.7. The predicted molar refractivity (Wildman–Crippen MR) is 105 cm³/mol. The van der Waals surface area contributed by atoms with E-state index in [2.05, 4.69) is 10.3 Å². The van der Waals surface area contributed by atoms with Crippen LogP contribution in [-0.4, -0.2) is 21.9 Å². The molecule has 6 nitrogen and oxygen atoms in total. The molecule has 0 fully saturated rings. The minimum absolute atomic E-state index is 0.0221. The highest BCUT2D eigenvalue weighted by atomic mass is 16.5. The number of pyridine rings is 2. The van der Waals surface area contributed by atoms with Crippen LogP contribution in [0.3, 0.4) is 0 Å². The van der Waals surface area contributed by atoms with E-state index in [1.54, 1.807) is 18.5 Å².